The second kappa shape index (κ2) is 10.5. The summed E-state index contributed by atoms with van der Waals surface area (Å²) in [5.74, 6) is -2.87. The number of carbonyl (C=O) groups excluding carboxylic acids is 3. The van der Waals surface area contributed by atoms with Crippen LogP contribution in [-0.2, 0) is 9.59 Å². The highest BCUT2D eigenvalue weighted by molar-refractivity contribution is 8.18. The van der Waals surface area contributed by atoms with Crippen LogP contribution < -0.4 is 5.32 Å². The van der Waals surface area contributed by atoms with Crippen molar-refractivity contribution in [3.63, 3.8) is 0 Å². The maximum absolute atomic E-state index is 13.8. The number of thioether (sulfide) groups is 2. The van der Waals surface area contributed by atoms with Crippen LogP contribution in [0.4, 0.5) is 18.0 Å². The van der Waals surface area contributed by atoms with E-state index in [4.69, 9.17) is 0 Å². The van der Waals surface area contributed by atoms with Gasteiger partial charge in [0.1, 0.15) is 5.82 Å². The van der Waals surface area contributed by atoms with E-state index < -0.39 is 28.6 Å². The minimum absolute atomic E-state index is 0.0126. The Hall–Kier alpha value is -2.72. The van der Waals surface area contributed by atoms with Crippen molar-refractivity contribution in [3.05, 3.63) is 70.4 Å². The average Bonchev–Trinajstić information content (AvgIpc) is 3.00. The highest BCUT2D eigenvalue weighted by atomic mass is 32.2. The lowest BCUT2D eigenvalue weighted by atomic mass is 10.2. The number of nitrogens with zero attached hydrogens (tertiary/aromatic N) is 1. The summed E-state index contributed by atoms with van der Waals surface area (Å²) < 4.78 is 39.8. The molecule has 1 aliphatic heterocycles. The van der Waals surface area contributed by atoms with E-state index in [0.29, 0.717) is 22.4 Å². The smallest absolute Gasteiger partial charge is 0.293 e. The standard InChI is InChI=1S/C21H17F3N2O3S2/c22-15-4-2-1-3-13(15)11-18-20(28)26(21(29)31-18)9-8-25-19(27)7-10-30-14-5-6-16(23)17(24)12-14/h1-6,11-12H,7-10H2,(H,25,27)/b18-11-. The number of nitrogens with one attached hydrogen (secondary N) is 1. The molecular formula is C21H17F3N2O3S2. The summed E-state index contributed by atoms with van der Waals surface area (Å²) in [4.78, 5) is 38.0. The predicted octanol–water partition coefficient (Wildman–Crippen LogP) is 4.44. The molecule has 5 nitrogen and oxygen atoms in total. The Morgan fingerprint density at radius 1 is 1.06 bits per heavy atom. The number of halogens is 3. The molecule has 0 bridgehead atoms. The van der Waals surface area contributed by atoms with Crippen LogP contribution in [0.2, 0.25) is 0 Å². The zero-order valence-corrected chi connectivity index (χ0v) is 17.7. The number of hydrogen-bond donors (Lipinski definition) is 1. The zero-order valence-electron chi connectivity index (χ0n) is 16.1. The molecule has 3 rings (SSSR count). The van der Waals surface area contributed by atoms with E-state index in [9.17, 15) is 27.6 Å². The van der Waals surface area contributed by atoms with Gasteiger partial charge >= 0.3 is 0 Å². The zero-order chi connectivity index (χ0) is 22.4. The maximum atomic E-state index is 13.8. The molecule has 0 spiro atoms. The highest BCUT2D eigenvalue weighted by Crippen LogP contribution is 2.32. The van der Waals surface area contributed by atoms with Crippen molar-refractivity contribution in [3.8, 4) is 0 Å². The van der Waals surface area contributed by atoms with Gasteiger partial charge in [-0.1, -0.05) is 18.2 Å². The summed E-state index contributed by atoms with van der Waals surface area (Å²) in [6.07, 6.45) is 1.45. The molecule has 0 radical (unpaired) electrons. The van der Waals surface area contributed by atoms with Crippen molar-refractivity contribution in [2.45, 2.75) is 11.3 Å². The fourth-order valence-electron chi connectivity index (χ4n) is 2.65. The Balaban J connectivity index is 1.44. The molecule has 0 aliphatic carbocycles. The maximum Gasteiger partial charge on any atom is 0.293 e. The van der Waals surface area contributed by atoms with Gasteiger partial charge in [-0.3, -0.25) is 19.3 Å². The molecule has 1 fully saturated rings. The van der Waals surface area contributed by atoms with Gasteiger partial charge in [0.05, 0.1) is 4.91 Å². The summed E-state index contributed by atoms with van der Waals surface area (Å²) in [5, 5.41) is 2.12. The second-order valence-corrected chi connectivity index (χ2v) is 8.54. The predicted molar refractivity (Wildman–Crippen MR) is 114 cm³/mol. The summed E-state index contributed by atoms with van der Waals surface area (Å²) in [5.41, 5.74) is 0.208. The van der Waals surface area contributed by atoms with Crippen molar-refractivity contribution >= 4 is 46.7 Å². The molecule has 0 saturated carbocycles. The molecule has 1 heterocycles. The lowest BCUT2D eigenvalue weighted by Crippen LogP contribution is -2.37. The second-order valence-electron chi connectivity index (χ2n) is 6.38. The van der Waals surface area contributed by atoms with Crippen LogP contribution in [-0.4, -0.2) is 40.8 Å². The molecule has 1 saturated heterocycles. The number of benzene rings is 2. The van der Waals surface area contributed by atoms with Crippen LogP contribution >= 0.6 is 23.5 Å². The molecular weight excluding hydrogens is 449 g/mol. The third kappa shape index (κ3) is 6.14. The number of hydrogen-bond acceptors (Lipinski definition) is 5. The van der Waals surface area contributed by atoms with E-state index in [1.165, 1.54) is 42.1 Å². The minimum atomic E-state index is -0.948. The Kier molecular flexibility index (Phi) is 7.80. The Labute approximate surface area is 185 Å². The van der Waals surface area contributed by atoms with E-state index >= 15 is 0 Å². The SMILES string of the molecule is O=C(CCSc1ccc(F)c(F)c1)NCCN1C(=O)S/C(=C\c2ccccc2F)C1=O. The van der Waals surface area contributed by atoms with E-state index in [2.05, 4.69) is 5.32 Å². The fraction of sp³-hybridized carbons (Fsp3) is 0.190. The molecule has 10 heteroatoms. The van der Waals surface area contributed by atoms with Crippen LogP contribution in [0.5, 0.6) is 0 Å². The van der Waals surface area contributed by atoms with Crippen LogP contribution in [0.25, 0.3) is 6.08 Å². The molecule has 2 aromatic rings. The first-order valence-electron chi connectivity index (χ1n) is 9.19. The number of amides is 3. The molecule has 2 aromatic carbocycles. The van der Waals surface area contributed by atoms with E-state index in [1.807, 2.05) is 0 Å². The molecule has 0 unspecified atom stereocenters. The van der Waals surface area contributed by atoms with Crippen molar-refractivity contribution in [1.82, 2.24) is 10.2 Å². The summed E-state index contributed by atoms with van der Waals surface area (Å²) in [6, 6.07) is 9.42. The number of imide groups is 1. The van der Waals surface area contributed by atoms with Crippen LogP contribution in [0.1, 0.15) is 12.0 Å². The van der Waals surface area contributed by atoms with Gasteiger partial charge in [0.2, 0.25) is 5.91 Å². The molecule has 3 amide bonds. The first-order chi connectivity index (χ1) is 14.8. The van der Waals surface area contributed by atoms with Crippen molar-refractivity contribution < 1.29 is 27.6 Å². The van der Waals surface area contributed by atoms with E-state index in [-0.39, 0.29) is 35.9 Å². The molecule has 1 aliphatic rings. The summed E-state index contributed by atoms with van der Waals surface area (Å²) in [7, 11) is 0. The van der Waals surface area contributed by atoms with Gasteiger partial charge in [-0.05, 0) is 42.1 Å². The topological polar surface area (TPSA) is 66.5 Å². The normalized spacial score (nSPS) is 15.1. The monoisotopic (exact) mass is 466 g/mol. The summed E-state index contributed by atoms with van der Waals surface area (Å²) >= 11 is 1.92. The molecule has 162 valence electrons. The third-order valence-corrected chi connectivity index (χ3v) is 6.11. The quantitative estimate of drug-likeness (QED) is 0.460. The molecule has 0 aromatic heterocycles. The highest BCUT2D eigenvalue weighted by Gasteiger charge is 2.34. The lowest BCUT2D eigenvalue weighted by molar-refractivity contribution is -0.124. The van der Waals surface area contributed by atoms with E-state index in [0.717, 1.165) is 17.0 Å². The van der Waals surface area contributed by atoms with Crippen LogP contribution in [0.15, 0.2) is 52.3 Å². The van der Waals surface area contributed by atoms with Gasteiger partial charge in [-0.15, -0.1) is 11.8 Å². The number of carbonyl (C=O) groups is 3. The number of rotatable bonds is 8. The van der Waals surface area contributed by atoms with Crippen LogP contribution in [0, 0.1) is 17.5 Å². The van der Waals surface area contributed by atoms with Gasteiger partial charge in [0.15, 0.2) is 11.6 Å². The molecule has 0 atom stereocenters. The van der Waals surface area contributed by atoms with Crippen LogP contribution in [0.3, 0.4) is 0 Å². The van der Waals surface area contributed by atoms with Gasteiger partial charge in [0.25, 0.3) is 11.1 Å². The van der Waals surface area contributed by atoms with Gasteiger partial charge < -0.3 is 5.32 Å². The van der Waals surface area contributed by atoms with Gasteiger partial charge in [-0.2, -0.15) is 0 Å². The molecule has 31 heavy (non-hydrogen) atoms. The Morgan fingerprint density at radius 3 is 2.58 bits per heavy atom. The largest absolute Gasteiger partial charge is 0.354 e. The fourth-order valence-corrected chi connectivity index (χ4v) is 4.38. The lowest BCUT2D eigenvalue weighted by Gasteiger charge is -2.13. The van der Waals surface area contributed by atoms with Gasteiger partial charge in [-0.25, -0.2) is 13.2 Å². The average molecular weight is 467 g/mol. The van der Waals surface area contributed by atoms with E-state index in [1.54, 1.807) is 6.07 Å². The van der Waals surface area contributed by atoms with Gasteiger partial charge in [0, 0.05) is 35.7 Å². The van der Waals surface area contributed by atoms with Crippen molar-refractivity contribution in [2.75, 3.05) is 18.8 Å². The minimum Gasteiger partial charge on any atom is -0.354 e. The Bertz CT molecular complexity index is 1050. The Morgan fingerprint density at radius 2 is 1.84 bits per heavy atom. The summed E-state index contributed by atoms with van der Waals surface area (Å²) in [6.45, 7) is 0.0566. The first kappa shape index (κ1) is 23.0. The third-order valence-electron chi connectivity index (χ3n) is 4.21. The van der Waals surface area contributed by atoms with Crippen molar-refractivity contribution in [2.24, 2.45) is 0 Å². The first-order valence-corrected chi connectivity index (χ1v) is 11.0. The van der Waals surface area contributed by atoms with Crippen molar-refractivity contribution in [1.29, 1.82) is 0 Å². The molecule has 1 N–H and O–H groups in total.